The zero-order valence-electron chi connectivity index (χ0n) is 11.7. The van der Waals surface area contributed by atoms with Crippen LogP contribution in [0.5, 0.6) is 0 Å². The van der Waals surface area contributed by atoms with E-state index in [1.165, 1.54) is 48.0 Å². The topological polar surface area (TPSA) is 28.2 Å². The summed E-state index contributed by atoms with van der Waals surface area (Å²) in [7, 11) is 0. The van der Waals surface area contributed by atoms with Gasteiger partial charge in [-0.15, -0.1) is 11.3 Å². The Morgan fingerprint density at radius 2 is 2.20 bits per heavy atom. The van der Waals surface area contributed by atoms with Crippen molar-refractivity contribution in [3.63, 3.8) is 0 Å². The highest BCUT2D eigenvalue weighted by molar-refractivity contribution is 7.17. The predicted molar refractivity (Wildman–Crippen MR) is 85.6 cm³/mol. The van der Waals surface area contributed by atoms with Crippen LogP contribution in [0.4, 0.5) is 5.82 Å². The number of aromatic nitrogens is 1. The maximum absolute atomic E-state index is 4.70. The first kappa shape index (κ1) is 12.6. The number of hydrogen-bond donors (Lipinski definition) is 1. The van der Waals surface area contributed by atoms with E-state index in [2.05, 4.69) is 27.7 Å². The minimum Gasteiger partial charge on any atom is -0.352 e. The van der Waals surface area contributed by atoms with E-state index in [0.717, 1.165) is 19.1 Å². The van der Waals surface area contributed by atoms with Crippen LogP contribution in [0.1, 0.15) is 32.1 Å². The van der Waals surface area contributed by atoms with Crippen molar-refractivity contribution < 1.29 is 0 Å². The lowest BCUT2D eigenvalue weighted by atomic mass is 10.0. The minimum atomic E-state index is 0.613. The van der Waals surface area contributed by atoms with Gasteiger partial charge < -0.3 is 10.2 Å². The van der Waals surface area contributed by atoms with Gasteiger partial charge in [-0.05, 0) is 49.6 Å². The van der Waals surface area contributed by atoms with E-state index >= 15 is 0 Å². The van der Waals surface area contributed by atoms with Gasteiger partial charge >= 0.3 is 0 Å². The monoisotopic (exact) mass is 287 g/mol. The van der Waals surface area contributed by atoms with Gasteiger partial charge in [0.15, 0.2) is 0 Å². The highest BCUT2D eigenvalue weighted by Crippen LogP contribution is 2.32. The first-order chi connectivity index (χ1) is 9.92. The Hall–Kier alpha value is -1.13. The molecule has 106 valence electrons. The summed E-state index contributed by atoms with van der Waals surface area (Å²) in [5.74, 6) is 1.20. The fraction of sp³-hybridized carbons (Fsp3) is 0.562. The van der Waals surface area contributed by atoms with Gasteiger partial charge in [0.25, 0.3) is 0 Å². The molecule has 0 radical (unpaired) electrons. The van der Waals surface area contributed by atoms with Crippen molar-refractivity contribution in [3.8, 4) is 0 Å². The Kier molecular flexibility index (Phi) is 3.36. The molecule has 3 nitrogen and oxygen atoms in total. The van der Waals surface area contributed by atoms with Crippen molar-refractivity contribution in [2.75, 3.05) is 18.0 Å². The summed E-state index contributed by atoms with van der Waals surface area (Å²) in [4.78, 5) is 7.25. The number of nitrogens with one attached hydrogen (secondary N) is 1. The van der Waals surface area contributed by atoms with Gasteiger partial charge in [-0.25, -0.2) is 4.98 Å². The second-order valence-electron chi connectivity index (χ2n) is 5.99. The van der Waals surface area contributed by atoms with Crippen molar-refractivity contribution in [3.05, 3.63) is 23.7 Å². The summed E-state index contributed by atoms with van der Waals surface area (Å²) in [5.41, 5.74) is 0. The largest absolute Gasteiger partial charge is 0.352 e. The van der Waals surface area contributed by atoms with Crippen molar-refractivity contribution in [1.82, 2.24) is 10.3 Å². The molecular weight excluding hydrogens is 266 g/mol. The van der Waals surface area contributed by atoms with Crippen molar-refractivity contribution >= 4 is 27.2 Å². The van der Waals surface area contributed by atoms with E-state index in [9.17, 15) is 0 Å². The van der Waals surface area contributed by atoms with Gasteiger partial charge in [0.05, 0.1) is 0 Å². The molecule has 1 N–H and O–H groups in total. The lowest BCUT2D eigenvalue weighted by Crippen LogP contribution is -2.46. The van der Waals surface area contributed by atoms with E-state index in [1.54, 1.807) is 0 Å². The SMILES string of the molecule is c1cc2sccc2c(N2CCCCC2CNC2CC2)n1. The Bertz CT molecular complexity index is 590. The number of hydrogen-bond acceptors (Lipinski definition) is 4. The molecule has 0 amide bonds. The van der Waals surface area contributed by atoms with Gasteiger partial charge in [0.1, 0.15) is 5.82 Å². The van der Waals surface area contributed by atoms with E-state index in [1.807, 2.05) is 17.5 Å². The lowest BCUT2D eigenvalue weighted by molar-refractivity contribution is 0.432. The average Bonchev–Trinajstić information content (AvgIpc) is 3.20. The standard InChI is InChI=1S/C16H21N3S/c1-2-9-19(13(3-1)11-18-12-4-5-12)16-14-7-10-20-15(14)6-8-17-16/h6-8,10,12-13,18H,1-5,9,11H2. The maximum Gasteiger partial charge on any atom is 0.137 e. The van der Waals surface area contributed by atoms with Gasteiger partial charge in [-0.2, -0.15) is 0 Å². The van der Waals surface area contributed by atoms with Crippen molar-refractivity contribution in [2.45, 2.75) is 44.2 Å². The molecule has 2 aliphatic rings. The number of thiophene rings is 1. The number of piperidine rings is 1. The van der Waals surface area contributed by atoms with Crippen LogP contribution < -0.4 is 10.2 Å². The first-order valence-electron chi connectivity index (χ1n) is 7.74. The summed E-state index contributed by atoms with van der Waals surface area (Å²) in [6.45, 7) is 2.27. The molecule has 1 saturated carbocycles. The second-order valence-corrected chi connectivity index (χ2v) is 6.94. The van der Waals surface area contributed by atoms with Gasteiger partial charge in [-0.1, -0.05) is 0 Å². The van der Waals surface area contributed by atoms with Crippen molar-refractivity contribution in [2.24, 2.45) is 0 Å². The van der Waals surface area contributed by atoms with Gasteiger partial charge in [-0.3, -0.25) is 0 Å². The zero-order valence-corrected chi connectivity index (χ0v) is 12.5. The molecule has 1 unspecified atom stereocenters. The second kappa shape index (κ2) is 5.34. The van der Waals surface area contributed by atoms with Crippen LogP contribution in [0, 0.1) is 0 Å². The van der Waals surface area contributed by atoms with Crippen LogP contribution in [-0.4, -0.2) is 30.2 Å². The average molecular weight is 287 g/mol. The fourth-order valence-corrected chi connectivity index (χ4v) is 3.97. The highest BCUT2D eigenvalue weighted by Gasteiger charge is 2.27. The summed E-state index contributed by atoms with van der Waals surface area (Å²) in [5, 5.41) is 7.21. The number of fused-ring (bicyclic) bond motifs is 1. The summed E-state index contributed by atoms with van der Waals surface area (Å²) >= 11 is 1.81. The third-order valence-electron chi connectivity index (χ3n) is 4.48. The molecule has 2 aromatic rings. The third-order valence-corrected chi connectivity index (χ3v) is 5.36. The molecule has 3 heterocycles. The van der Waals surface area contributed by atoms with Crippen LogP contribution in [0.15, 0.2) is 23.7 Å². The van der Waals surface area contributed by atoms with Crippen LogP contribution in [0.25, 0.3) is 10.1 Å². The third kappa shape index (κ3) is 2.42. The van der Waals surface area contributed by atoms with Crippen LogP contribution >= 0.6 is 11.3 Å². The molecule has 0 bridgehead atoms. The first-order valence-corrected chi connectivity index (χ1v) is 8.62. The molecule has 20 heavy (non-hydrogen) atoms. The van der Waals surface area contributed by atoms with Crippen LogP contribution in [0.3, 0.4) is 0 Å². The van der Waals surface area contributed by atoms with Crippen LogP contribution in [0.2, 0.25) is 0 Å². The quantitative estimate of drug-likeness (QED) is 0.934. The Morgan fingerprint density at radius 1 is 1.25 bits per heavy atom. The molecule has 2 aromatic heterocycles. The van der Waals surface area contributed by atoms with E-state index in [-0.39, 0.29) is 0 Å². The molecule has 1 atom stereocenters. The van der Waals surface area contributed by atoms with Crippen LogP contribution in [-0.2, 0) is 0 Å². The number of rotatable bonds is 4. The molecular formula is C16H21N3S. The number of anilines is 1. The molecule has 0 spiro atoms. The Balaban J connectivity index is 1.61. The highest BCUT2D eigenvalue weighted by atomic mass is 32.1. The summed E-state index contributed by atoms with van der Waals surface area (Å²) in [6, 6.07) is 5.76. The zero-order chi connectivity index (χ0) is 13.4. The molecule has 2 fully saturated rings. The lowest BCUT2D eigenvalue weighted by Gasteiger charge is -2.37. The smallest absolute Gasteiger partial charge is 0.137 e. The summed E-state index contributed by atoms with van der Waals surface area (Å²) < 4.78 is 1.36. The van der Waals surface area contributed by atoms with Gasteiger partial charge in [0.2, 0.25) is 0 Å². The van der Waals surface area contributed by atoms with E-state index in [0.29, 0.717) is 6.04 Å². The normalized spacial score (nSPS) is 23.4. The van der Waals surface area contributed by atoms with Gasteiger partial charge in [0, 0.05) is 41.5 Å². The molecule has 0 aromatic carbocycles. The minimum absolute atomic E-state index is 0.613. The number of nitrogens with zero attached hydrogens (tertiary/aromatic N) is 2. The molecule has 4 heteroatoms. The Morgan fingerprint density at radius 3 is 3.10 bits per heavy atom. The van der Waals surface area contributed by atoms with Crippen molar-refractivity contribution in [1.29, 1.82) is 0 Å². The molecule has 1 saturated heterocycles. The van der Waals surface area contributed by atoms with E-state index < -0.39 is 0 Å². The number of pyridine rings is 1. The maximum atomic E-state index is 4.70. The Labute approximate surface area is 124 Å². The molecule has 4 rings (SSSR count). The van der Waals surface area contributed by atoms with E-state index in [4.69, 9.17) is 4.98 Å². The summed E-state index contributed by atoms with van der Waals surface area (Å²) in [6.07, 6.45) is 8.64. The fourth-order valence-electron chi connectivity index (χ4n) is 3.19. The molecule has 1 aliphatic heterocycles. The predicted octanol–water partition coefficient (Wildman–Crippen LogP) is 3.41. The molecule has 1 aliphatic carbocycles.